The topological polar surface area (TPSA) is 93.2 Å². The van der Waals surface area contributed by atoms with Crippen LogP contribution in [0.4, 0.5) is 5.82 Å². The highest BCUT2D eigenvalue weighted by molar-refractivity contribution is 5.76. The summed E-state index contributed by atoms with van der Waals surface area (Å²) in [7, 11) is 0. The average molecular weight is 395 g/mol. The molecule has 1 aliphatic rings. The zero-order valence-electron chi connectivity index (χ0n) is 17.0. The second-order valence-electron chi connectivity index (χ2n) is 7.32. The van der Waals surface area contributed by atoms with Gasteiger partial charge in [-0.25, -0.2) is 4.68 Å². The maximum Gasteiger partial charge on any atom is 0.223 e. The number of aryl methyl sites for hydroxylation is 3. The molecule has 0 spiro atoms. The molecule has 0 N–H and O–H groups in total. The van der Waals surface area contributed by atoms with Gasteiger partial charge in [-0.2, -0.15) is 5.10 Å². The molecule has 3 aromatic heterocycles. The zero-order valence-corrected chi connectivity index (χ0v) is 17.0. The molecule has 29 heavy (non-hydrogen) atoms. The van der Waals surface area contributed by atoms with E-state index in [9.17, 15) is 4.79 Å². The van der Waals surface area contributed by atoms with Crippen LogP contribution in [0.5, 0.6) is 0 Å². The Kier molecular flexibility index (Phi) is 5.28. The molecule has 0 aliphatic carbocycles. The quantitative estimate of drug-likeness (QED) is 0.651. The van der Waals surface area contributed by atoms with Crippen LogP contribution in [-0.4, -0.2) is 62.1 Å². The summed E-state index contributed by atoms with van der Waals surface area (Å²) in [6.45, 7) is 8.59. The van der Waals surface area contributed by atoms with Gasteiger partial charge in [0.15, 0.2) is 11.6 Å². The number of anilines is 1. The minimum absolute atomic E-state index is 0.167. The fraction of sp³-hybridized carbons (Fsp3) is 0.450. The molecule has 1 fully saturated rings. The lowest BCUT2D eigenvalue weighted by Crippen LogP contribution is -2.49. The van der Waals surface area contributed by atoms with Crippen LogP contribution in [0.1, 0.15) is 29.1 Å². The van der Waals surface area contributed by atoms with Crippen molar-refractivity contribution in [2.75, 3.05) is 31.1 Å². The van der Waals surface area contributed by atoms with Gasteiger partial charge in [0.05, 0.1) is 11.4 Å². The minimum atomic E-state index is 0.167. The molecule has 0 saturated carbocycles. The number of rotatable bonds is 5. The molecule has 4 rings (SSSR count). The van der Waals surface area contributed by atoms with Gasteiger partial charge in [0.25, 0.3) is 0 Å². The van der Waals surface area contributed by atoms with Crippen LogP contribution in [0.2, 0.25) is 0 Å². The van der Waals surface area contributed by atoms with Crippen LogP contribution in [0, 0.1) is 20.8 Å². The van der Waals surface area contributed by atoms with Gasteiger partial charge < -0.3 is 14.3 Å². The summed E-state index contributed by atoms with van der Waals surface area (Å²) >= 11 is 0. The predicted octanol–water partition coefficient (Wildman–Crippen LogP) is 1.86. The van der Waals surface area contributed by atoms with Crippen molar-refractivity contribution >= 4 is 11.7 Å². The molecular weight excluding hydrogens is 370 g/mol. The van der Waals surface area contributed by atoms with Crippen molar-refractivity contribution < 1.29 is 9.32 Å². The van der Waals surface area contributed by atoms with E-state index >= 15 is 0 Å². The van der Waals surface area contributed by atoms with E-state index in [1.54, 1.807) is 4.68 Å². The standard InChI is InChI=1S/C20H25N7O2/c1-14-8-9-27(23-14)19-6-5-18(21-22-19)25-10-12-26(13-11-25)20(28)7-4-17-15(2)24-29-16(17)3/h5-6,8-9H,4,7,10-13H2,1-3H3. The van der Waals surface area contributed by atoms with Crippen LogP contribution in [-0.2, 0) is 11.2 Å². The van der Waals surface area contributed by atoms with E-state index in [0.29, 0.717) is 31.7 Å². The molecule has 0 atom stereocenters. The second kappa shape index (κ2) is 8.02. The van der Waals surface area contributed by atoms with Crippen molar-refractivity contribution in [2.24, 2.45) is 0 Å². The molecule has 4 heterocycles. The number of piperazine rings is 1. The lowest BCUT2D eigenvalue weighted by Gasteiger charge is -2.35. The molecule has 0 radical (unpaired) electrons. The van der Waals surface area contributed by atoms with Gasteiger partial charge in [0.1, 0.15) is 5.76 Å². The zero-order chi connectivity index (χ0) is 20.4. The van der Waals surface area contributed by atoms with E-state index in [4.69, 9.17) is 4.52 Å². The molecule has 1 saturated heterocycles. The number of hydrogen-bond acceptors (Lipinski definition) is 7. The molecule has 0 bridgehead atoms. The van der Waals surface area contributed by atoms with Crippen LogP contribution in [0.25, 0.3) is 5.82 Å². The van der Waals surface area contributed by atoms with Crippen LogP contribution < -0.4 is 4.90 Å². The normalized spacial score (nSPS) is 14.4. The molecule has 152 valence electrons. The van der Waals surface area contributed by atoms with Crippen molar-refractivity contribution in [3.05, 3.63) is 47.1 Å². The number of amides is 1. The van der Waals surface area contributed by atoms with Gasteiger partial charge in [-0.1, -0.05) is 5.16 Å². The predicted molar refractivity (Wildman–Crippen MR) is 107 cm³/mol. The van der Waals surface area contributed by atoms with Gasteiger partial charge >= 0.3 is 0 Å². The highest BCUT2D eigenvalue weighted by Crippen LogP contribution is 2.17. The van der Waals surface area contributed by atoms with E-state index in [1.807, 2.05) is 50.1 Å². The highest BCUT2D eigenvalue weighted by Gasteiger charge is 2.22. The van der Waals surface area contributed by atoms with Gasteiger partial charge in [-0.3, -0.25) is 4.79 Å². The van der Waals surface area contributed by atoms with Gasteiger partial charge in [0, 0.05) is 44.4 Å². The summed E-state index contributed by atoms with van der Waals surface area (Å²) in [6, 6.07) is 5.79. The molecule has 0 aromatic carbocycles. The minimum Gasteiger partial charge on any atom is -0.361 e. The molecule has 0 unspecified atom stereocenters. The van der Waals surface area contributed by atoms with Crippen LogP contribution in [0.3, 0.4) is 0 Å². The maximum atomic E-state index is 12.6. The summed E-state index contributed by atoms with van der Waals surface area (Å²) in [5, 5.41) is 16.9. The van der Waals surface area contributed by atoms with Gasteiger partial charge in [0.2, 0.25) is 5.91 Å². The molecule has 9 heteroatoms. The summed E-state index contributed by atoms with van der Waals surface area (Å²) in [6.07, 6.45) is 3.01. The van der Waals surface area contributed by atoms with Crippen LogP contribution >= 0.6 is 0 Å². The highest BCUT2D eigenvalue weighted by atomic mass is 16.5. The third kappa shape index (κ3) is 4.13. The summed E-state index contributed by atoms with van der Waals surface area (Å²) < 4.78 is 6.88. The summed E-state index contributed by atoms with van der Waals surface area (Å²) in [5.41, 5.74) is 2.85. The lowest BCUT2D eigenvalue weighted by atomic mass is 10.1. The Morgan fingerprint density at radius 3 is 2.34 bits per heavy atom. The Labute approximate surface area is 169 Å². The Morgan fingerprint density at radius 1 is 1.03 bits per heavy atom. The first kappa shape index (κ1) is 19.1. The smallest absolute Gasteiger partial charge is 0.223 e. The van der Waals surface area contributed by atoms with Crippen molar-refractivity contribution in [3.8, 4) is 5.82 Å². The number of carbonyl (C=O) groups excluding carboxylic acids is 1. The first-order valence-corrected chi connectivity index (χ1v) is 9.82. The number of carbonyl (C=O) groups is 1. The summed E-state index contributed by atoms with van der Waals surface area (Å²) in [5.74, 6) is 2.47. The van der Waals surface area contributed by atoms with E-state index in [0.717, 1.165) is 41.6 Å². The van der Waals surface area contributed by atoms with Gasteiger partial charge in [-0.05, 0) is 45.4 Å². The van der Waals surface area contributed by atoms with Crippen molar-refractivity contribution in [1.29, 1.82) is 0 Å². The number of aromatic nitrogens is 5. The summed E-state index contributed by atoms with van der Waals surface area (Å²) in [4.78, 5) is 16.7. The van der Waals surface area contributed by atoms with Crippen molar-refractivity contribution in [2.45, 2.75) is 33.6 Å². The third-order valence-electron chi connectivity index (χ3n) is 5.32. The Balaban J connectivity index is 1.30. The number of nitrogens with zero attached hydrogens (tertiary/aromatic N) is 7. The first-order valence-electron chi connectivity index (χ1n) is 9.82. The molecule has 9 nitrogen and oxygen atoms in total. The van der Waals surface area contributed by atoms with E-state index in [-0.39, 0.29) is 5.91 Å². The van der Waals surface area contributed by atoms with Crippen LogP contribution in [0.15, 0.2) is 28.9 Å². The average Bonchev–Trinajstić information content (AvgIpc) is 3.32. The Bertz CT molecular complexity index is 965. The monoisotopic (exact) mass is 395 g/mol. The van der Waals surface area contributed by atoms with Crippen molar-refractivity contribution in [1.82, 2.24) is 30.0 Å². The first-order chi connectivity index (χ1) is 14.0. The van der Waals surface area contributed by atoms with E-state index in [2.05, 4.69) is 25.4 Å². The maximum absolute atomic E-state index is 12.6. The SMILES string of the molecule is Cc1ccn(-c2ccc(N3CCN(C(=O)CCc4c(C)noc4C)CC3)nn2)n1. The fourth-order valence-electron chi connectivity index (χ4n) is 3.59. The third-order valence-corrected chi connectivity index (χ3v) is 5.32. The molecular formula is C20H25N7O2. The fourth-order valence-corrected chi connectivity index (χ4v) is 3.59. The second-order valence-corrected chi connectivity index (χ2v) is 7.32. The Morgan fingerprint density at radius 2 is 1.76 bits per heavy atom. The molecule has 1 aliphatic heterocycles. The largest absolute Gasteiger partial charge is 0.361 e. The molecule has 3 aromatic rings. The van der Waals surface area contributed by atoms with Gasteiger partial charge in [-0.15, -0.1) is 10.2 Å². The molecule has 1 amide bonds. The number of hydrogen-bond donors (Lipinski definition) is 0. The Hall–Kier alpha value is -3.23. The van der Waals surface area contributed by atoms with E-state index in [1.165, 1.54) is 0 Å². The van der Waals surface area contributed by atoms with Crippen molar-refractivity contribution in [3.63, 3.8) is 0 Å². The lowest BCUT2D eigenvalue weighted by molar-refractivity contribution is -0.131. The van der Waals surface area contributed by atoms with E-state index < -0.39 is 0 Å².